The van der Waals surface area contributed by atoms with Crippen molar-refractivity contribution in [2.24, 2.45) is 4.99 Å². The molecule has 16 heavy (non-hydrogen) atoms. The zero-order valence-corrected chi connectivity index (χ0v) is 9.48. The Morgan fingerprint density at radius 2 is 2.25 bits per heavy atom. The summed E-state index contributed by atoms with van der Waals surface area (Å²) < 4.78 is 0. The molecule has 2 heterocycles. The molecule has 1 aliphatic heterocycles. The van der Waals surface area contributed by atoms with Gasteiger partial charge in [-0.1, -0.05) is 0 Å². The van der Waals surface area contributed by atoms with Crippen molar-refractivity contribution in [1.29, 1.82) is 0 Å². The van der Waals surface area contributed by atoms with Crippen LogP contribution in [0.5, 0.6) is 0 Å². The molecule has 0 unspecified atom stereocenters. The number of anilines is 2. The Morgan fingerprint density at radius 3 is 2.88 bits per heavy atom. The van der Waals surface area contributed by atoms with Gasteiger partial charge in [-0.05, 0) is 12.1 Å². The number of hydrogen-bond donors (Lipinski definition) is 2. The van der Waals surface area contributed by atoms with E-state index in [1.54, 1.807) is 13.4 Å². The summed E-state index contributed by atoms with van der Waals surface area (Å²) in [5.41, 5.74) is 1.18. The molecular weight excluding hydrogens is 202 g/mol. The molecule has 2 N–H and O–H groups in total. The molecule has 0 atom stereocenters. The van der Waals surface area contributed by atoms with Gasteiger partial charge in [0.25, 0.3) is 0 Å². The lowest BCUT2D eigenvalue weighted by Gasteiger charge is -2.29. The predicted molar refractivity (Wildman–Crippen MR) is 67.4 cm³/mol. The monoisotopic (exact) mass is 219 g/mol. The summed E-state index contributed by atoms with van der Waals surface area (Å²) in [5, 5.41) is 6.32. The second-order valence-electron chi connectivity index (χ2n) is 3.67. The maximum Gasteiger partial charge on any atom is 0.131 e. The van der Waals surface area contributed by atoms with Crippen molar-refractivity contribution < 1.29 is 0 Å². The van der Waals surface area contributed by atoms with Crippen LogP contribution in [0.1, 0.15) is 0 Å². The van der Waals surface area contributed by atoms with Crippen LogP contribution >= 0.6 is 0 Å². The van der Waals surface area contributed by atoms with Crippen LogP contribution in [-0.2, 0) is 0 Å². The van der Waals surface area contributed by atoms with Gasteiger partial charge in [0, 0.05) is 33.2 Å². The van der Waals surface area contributed by atoms with E-state index >= 15 is 0 Å². The van der Waals surface area contributed by atoms with E-state index in [2.05, 4.69) is 31.6 Å². The van der Waals surface area contributed by atoms with Crippen molar-refractivity contribution in [2.75, 3.05) is 43.4 Å². The van der Waals surface area contributed by atoms with Crippen LogP contribution < -0.4 is 15.5 Å². The van der Waals surface area contributed by atoms with E-state index in [1.165, 1.54) is 5.69 Å². The third-order valence-corrected chi connectivity index (χ3v) is 2.57. The molecule has 86 valence electrons. The molecule has 0 aromatic carbocycles. The molecule has 1 aromatic rings. The number of piperazine rings is 1. The highest BCUT2D eigenvalue weighted by Crippen LogP contribution is 2.15. The van der Waals surface area contributed by atoms with Gasteiger partial charge in [0.2, 0.25) is 0 Å². The van der Waals surface area contributed by atoms with E-state index in [9.17, 15) is 0 Å². The predicted octanol–water partition coefficient (Wildman–Crippen LogP) is 0.561. The summed E-state index contributed by atoms with van der Waals surface area (Å²) in [7, 11) is 1.72. The highest BCUT2D eigenvalue weighted by Gasteiger charge is 2.09. The molecule has 0 spiro atoms. The lowest BCUT2D eigenvalue weighted by molar-refractivity contribution is 0.589. The number of rotatable bonds is 3. The van der Waals surface area contributed by atoms with E-state index in [0.717, 1.165) is 32.0 Å². The van der Waals surface area contributed by atoms with Gasteiger partial charge in [0.15, 0.2) is 0 Å². The fraction of sp³-hybridized carbons (Fsp3) is 0.455. The molecule has 1 aliphatic rings. The van der Waals surface area contributed by atoms with Crippen LogP contribution in [0, 0.1) is 0 Å². The summed E-state index contributed by atoms with van der Waals surface area (Å²) >= 11 is 0. The molecule has 1 fully saturated rings. The topological polar surface area (TPSA) is 52.6 Å². The van der Waals surface area contributed by atoms with Crippen LogP contribution in [0.4, 0.5) is 11.5 Å². The lowest BCUT2D eigenvalue weighted by Crippen LogP contribution is -2.43. The third-order valence-electron chi connectivity index (χ3n) is 2.57. The number of nitrogens with zero attached hydrogens (tertiary/aromatic N) is 3. The SMILES string of the molecule is CN=CNc1ccc(N2CCNCC2)cn1. The first-order valence-corrected chi connectivity index (χ1v) is 5.49. The molecular formula is C11H17N5. The van der Waals surface area contributed by atoms with E-state index in [4.69, 9.17) is 0 Å². The van der Waals surface area contributed by atoms with E-state index in [-0.39, 0.29) is 0 Å². The number of pyridine rings is 1. The molecule has 0 amide bonds. The highest BCUT2D eigenvalue weighted by molar-refractivity contribution is 5.73. The second-order valence-corrected chi connectivity index (χ2v) is 3.67. The molecule has 2 rings (SSSR count). The highest BCUT2D eigenvalue weighted by atomic mass is 15.2. The van der Waals surface area contributed by atoms with Gasteiger partial charge in [-0.2, -0.15) is 0 Å². The van der Waals surface area contributed by atoms with Crippen molar-refractivity contribution in [3.05, 3.63) is 18.3 Å². The van der Waals surface area contributed by atoms with Crippen molar-refractivity contribution in [2.45, 2.75) is 0 Å². The van der Waals surface area contributed by atoms with Gasteiger partial charge >= 0.3 is 0 Å². The van der Waals surface area contributed by atoms with Gasteiger partial charge in [0.05, 0.1) is 18.2 Å². The van der Waals surface area contributed by atoms with E-state index < -0.39 is 0 Å². The first-order chi connectivity index (χ1) is 7.90. The molecule has 0 bridgehead atoms. The molecule has 0 radical (unpaired) electrons. The second kappa shape index (κ2) is 5.46. The first kappa shape index (κ1) is 10.9. The van der Waals surface area contributed by atoms with Crippen molar-refractivity contribution >= 4 is 17.8 Å². The van der Waals surface area contributed by atoms with Crippen LogP contribution in [0.3, 0.4) is 0 Å². The zero-order valence-electron chi connectivity index (χ0n) is 9.48. The Balaban J connectivity index is 2.00. The van der Waals surface area contributed by atoms with Crippen LogP contribution in [-0.4, -0.2) is 44.5 Å². The van der Waals surface area contributed by atoms with Crippen molar-refractivity contribution in [1.82, 2.24) is 10.3 Å². The van der Waals surface area contributed by atoms with Gasteiger partial charge in [-0.3, -0.25) is 4.99 Å². The minimum Gasteiger partial charge on any atom is -0.368 e. The van der Waals surface area contributed by atoms with Crippen LogP contribution in [0.15, 0.2) is 23.3 Å². The molecule has 0 aliphatic carbocycles. The smallest absolute Gasteiger partial charge is 0.131 e. The molecule has 1 saturated heterocycles. The maximum atomic E-state index is 4.33. The Kier molecular flexibility index (Phi) is 3.71. The van der Waals surface area contributed by atoms with Crippen molar-refractivity contribution in [3.8, 4) is 0 Å². The lowest BCUT2D eigenvalue weighted by atomic mass is 10.3. The summed E-state index contributed by atoms with van der Waals surface area (Å²) in [6.07, 6.45) is 3.53. The quantitative estimate of drug-likeness (QED) is 0.576. The molecule has 5 heteroatoms. The Labute approximate surface area is 95.6 Å². The standard InChI is InChI=1S/C11H17N5/c1-12-9-15-11-3-2-10(8-14-11)16-6-4-13-5-7-16/h2-3,8-9,13H,4-7H2,1H3,(H,12,14,15). The minimum absolute atomic E-state index is 0.824. The Bertz CT molecular complexity index is 340. The van der Waals surface area contributed by atoms with Gasteiger partial charge < -0.3 is 15.5 Å². The Hall–Kier alpha value is -1.62. The third kappa shape index (κ3) is 2.70. The molecule has 0 saturated carbocycles. The van der Waals surface area contributed by atoms with E-state index in [0.29, 0.717) is 0 Å². The molecule has 1 aromatic heterocycles. The average Bonchev–Trinajstić information content (AvgIpc) is 2.38. The van der Waals surface area contributed by atoms with Gasteiger partial charge in [-0.25, -0.2) is 4.98 Å². The summed E-state index contributed by atoms with van der Waals surface area (Å²) in [6.45, 7) is 4.18. The minimum atomic E-state index is 0.824. The number of aliphatic imine (C=N–C) groups is 1. The molecule has 5 nitrogen and oxygen atoms in total. The van der Waals surface area contributed by atoms with Crippen LogP contribution in [0.25, 0.3) is 0 Å². The Morgan fingerprint density at radius 1 is 1.44 bits per heavy atom. The zero-order chi connectivity index (χ0) is 11.2. The summed E-state index contributed by atoms with van der Waals surface area (Å²) in [4.78, 5) is 10.5. The maximum absolute atomic E-state index is 4.33. The fourth-order valence-electron chi connectivity index (χ4n) is 1.71. The van der Waals surface area contributed by atoms with Crippen LogP contribution in [0.2, 0.25) is 0 Å². The van der Waals surface area contributed by atoms with Gasteiger partial charge in [0.1, 0.15) is 5.82 Å². The average molecular weight is 219 g/mol. The van der Waals surface area contributed by atoms with Gasteiger partial charge in [-0.15, -0.1) is 0 Å². The largest absolute Gasteiger partial charge is 0.368 e. The summed E-state index contributed by atoms with van der Waals surface area (Å²) in [5.74, 6) is 0.824. The number of hydrogen-bond acceptors (Lipinski definition) is 4. The first-order valence-electron chi connectivity index (χ1n) is 5.49. The fourth-order valence-corrected chi connectivity index (χ4v) is 1.71. The van der Waals surface area contributed by atoms with Crippen molar-refractivity contribution in [3.63, 3.8) is 0 Å². The number of aromatic nitrogens is 1. The summed E-state index contributed by atoms with van der Waals surface area (Å²) in [6, 6.07) is 4.06. The normalized spacial score (nSPS) is 16.7. The van der Waals surface area contributed by atoms with E-state index in [1.807, 2.05) is 12.3 Å². The number of nitrogens with one attached hydrogen (secondary N) is 2.